The molecule has 0 amide bonds. The molecule has 46 heavy (non-hydrogen) atoms. The van der Waals surface area contributed by atoms with Gasteiger partial charge in [0.25, 0.3) is 0 Å². The van der Waals surface area contributed by atoms with Gasteiger partial charge in [0.05, 0.1) is 16.6 Å². The van der Waals surface area contributed by atoms with Gasteiger partial charge in [-0.1, -0.05) is 38.1 Å². The highest BCUT2D eigenvalue weighted by molar-refractivity contribution is 6.01. The molecule has 3 fully saturated rings. The van der Waals surface area contributed by atoms with Gasteiger partial charge in [-0.25, -0.2) is 18.2 Å². The normalized spacial score (nSPS) is 27.9. The van der Waals surface area contributed by atoms with Crippen molar-refractivity contribution in [3.05, 3.63) is 53.2 Å². The van der Waals surface area contributed by atoms with Crippen LogP contribution in [0.5, 0.6) is 6.01 Å². The average molecular weight is 631 g/mol. The Labute approximate surface area is 267 Å². The fourth-order valence-corrected chi connectivity index (χ4v) is 8.95. The molecule has 1 N–H and O–H groups in total. The summed E-state index contributed by atoms with van der Waals surface area (Å²) in [5.74, 6) is 0.0551. The summed E-state index contributed by atoms with van der Waals surface area (Å²) in [6.07, 6.45) is 3.86. The van der Waals surface area contributed by atoms with E-state index in [-0.39, 0.29) is 47.3 Å². The van der Waals surface area contributed by atoms with Crippen molar-refractivity contribution < 1.29 is 17.9 Å². The lowest BCUT2D eigenvalue weighted by Crippen LogP contribution is -2.61. The number of hydrogen-bond acceptors (Lipinski definition) is 7. The second-order valence-electron chi connectivity index (χ2n) is 13.9. The SMILES string of the molecule is CC[C@@H]1NCCN2c3nc(OC[C@@]45CCCN4C[C@H](F)C5)nc4c(F)c(-c5cccc6ccc(F)c(C)c56)nc(c34)CC[C@@H](C)[C@@H]12. The quantitative estimate of drug-likeness (QED) is 0.269. The van der Waals surface area contributed by atoms with E-state index in [4.69, 9.17) is 19.7 Å². The zero-order valence-corrected chi connectivity index (χ0v) is 26.8. The molecule has 4 aliphatic heterocycles. The van der Waals surface area contributed by atoms with Crippen LogP contribution in [0.2, 0.25) is 0 Å². The van der Waals surface area contributed by atoms with Gasteiger partial charge in [0.1, 0.15) is 35.6 Å². The van der Waals surface area contributed by atoms with Crippen LogP contribution < -0.4 is 15.0 Å². The summed E-state index contributed by atoms with van der Waals surface area (Å²) >= 11 is 0. The lowest BCUT2D eigenvalue weighted by molar-refractivity contribution is 0.107. The predicted octanol–water partition coefficient (Wildman–Crippen LogP) is 6.53. The number of anilines is 1. The van der Waals surface area contributed by atoms with Crippen molar-refractivity contribution >= 4 is 27.5 Å². The first-order valence-corrected chi connectivity index (χ1v) is 16.9. The molecule has 242 valence electrons. The van der Waals surface area contributed by atoms with Gasteiger partial charge in [0.2, 0.25) is 0 Å². The maximum atomic E-state index is 17.1. The molecule has 4 aliphatic rings. The molecule has 10 heteroatoms. The van der Waals surface area contributed by atoms with E-state index in [1.807, 2.05) is 18.2 Å². The second kappa shape index (κ2) is 11.3. The van der Waals surface area contributed by atoms with Crippen molar-refractivity contribution in [3.8, 4) is 17.3 Å². The molecule has 8 rings (SSSR count). The van der Waals surface area contributed by atoms with Crippen molar-refractivity contribution in [3.63, 3.8) is 0 Å². The lowest BCUT2D eigenvalue weighted by Gasteiger charge is -2.46. The largest absolute Gasteiger partial charge is 0.461 e. The Hall–Kier alpha value is -3.50. The maximum absolute atomic E-state index is 17.1. The fraction of sp³-hybridized carbons (Fsp3) is 0.528. The van der Waals surface area contributed by atoms with Crippen molar-refractivity contribution in [1.29, 1.82) is 0 Å². The summed E-state index contributed by atoms with van der Waals surface area (Å²) in [7, 11) is 0. The number of halogens is 3. The Morgan fingerprint density at radius 3 is 2.80 bits per heavy atom. The van der Waals surface area contributed by atoms with E-state index in [1.165, 1.54) is 6.07 Å². The van der Waals surface area contributed by atoms with Crippen LogP contribution in [-0.4, -0.2) is 76.4 Å². The first kappa shape index (κ1) is 29.9. The first-order valence-electron chi connectivity index (χ1n) is 16.9. The molecular weight excluding hydrogens is 589 g/mol. The van der Waals surface area contributed by atoms with Gasteiger partial charge < -0.3 is 15.0 Å². The van der Waals surface area contributed by atoms with Gasteiger partial charge in [-0.05, 0) is 73.9 Å². The van der Waals surface area contributed by atoms with Gasteiger partial charge in [0, 0.05) is 43.7 Å². The molecule has 0 aliphatic carbocycles. The Bertz CT molecular complexity index is 1840. The van der Waals surface area contributed by atoms with E-state index >= 15 is 4.39 Å². The van der Waals surface area contributed by atoms with E-state index in [2.05, 4.69) is 29.0 Å². The second-order valence-corrected chi connectivity index (χ2v) is 13.9. The van der Waals surface area contributed by atoms with Crippen LogP contribution in [0, 0.1) is 24.5 Å². The smallest absolute Gasteiger partial charge is 0.319 e. The molecule has 0 saturated carbocycles. The highest BCUT2D eigenvalue weighted by Gasteiger charge is 2.49. The van der Waals surface area contributed by atoms with Gasteiger partial charge in [-0.3, -0.25) is 4.90 Å². The highest BCUT2D eigenvalue weighted by atomic mass is 19.1. The molecule has 6 heterocycles. The van der Waals surface area contributed by atoms with Crippen LogP contribution in [0.15, 0.2) is 30.3 Å². The molecule has 7 nitrogen and oxygen atoms in total. The first-order chi connectivity index (χ1) is 22.3. The topological polar surface area (TPSA) is 66.4 Å². The van der Waals surface area contributed by atoms with E-state index in [0.29, 0.717) is 59.6 Å². The van der Waals surface area contributed by atoms with Gasteiger partial charge in [-0.15, -0.1) is 0 Å². The highest BCUT2D eigenvalue weighted by Crippen LogP contribution is 2.43. The number of nitrogens with one attached hydrogen (secondary N) is 1. The maximum Gasteiger partial charge on any atom is 0.319 e. The summed E-state index contributed by atoms with van der Waals surface area (Å²) in [6.45, 7) is 9.21. The Morgan fingerprint density at radius 2 is 1.96 bits per heavy atom. The minimum Gasteiger partial charge on any atom is -0.461 e. The van der Waals surface area contributed by atoms with Crippen LogP contribution >= 0.6 is 0 Å². The summed E-state index contributed by atoms with van der Waals surface area (Å²) in [6, 6.07) is 9.26. The minimum absolute atomic E-state index is 0.103. The number of ether oxygens (including phenoxy) is 1. The third-order valence-corrected chi connectivity index (χ3v) is 11.2. The molecule has 0 radical (unpaired) electrons. The molecule has 0 unspecified atom stereocenters. The van der Waals surface area contributed by atoms with Gasteiger partial charge >= 0.3 is 6.01 Å². The number of benzene rings is 2. The number of nitrogens with zero attached hydrogens (tertiary/aromatic N) is 5. The number of fused-ring (bicyclic) bond motifs is 4. The zero-order chi connectivity index (χ0) is 31.7. The number of alkyl halides is 1. The van der Waals surface area contributed by atoms with Gasteiger partial charge in [-0.2, -0.15) is 9.97 Å². The standard InChI is InChI=1S/C36H41F3N6O/c1-4-26-33-20(2)9-12-27-29-32(30(39)31(41-27)24-8-5-7-22-10-11-25(38)21(3)28(22)24)42-35(43-34(29)45(33)16-14-40-26)46-19-36-13-6-15-44(36)18-23(37)17-36/h5,7-8,10-11,20,23,26,33,40H,4,6,9,12-19H2,1-3H3/t20-,23-,26+,33+,36+/m1/s1. The number of pyridine rings is 1. The van der Waals surface area contributed by atoms with Crippen molar-refractivity contribution in [1.82, 2.24) is 25.2 Å². The number of aryl methyl sites for hydroxylation is 2. The summed E-state index contributed by atoms with van der Waals surface area (Å²) in [5, 5.41) is 5.78. The van der Waals surface area contributed by atoms with E-state index in [1.54, 1.807) is 13.0 Å². The monoisotopic (exact) mass is 630 g/mol. The molecular formula is C36H41F3N6O. The Kier molecular flexibility index (Phi) is 7.36. The molecule has 4 aromatic rings. The summed E-state index contributed by atoms with van der Waals surface area (Å²) in [4.78, 5) is 19.3. The molecule has 0 spiro atoms. The number of aromatic nitrogens is 3. The number of piperazine rings is 1. The van der Waals surface area contributed by atoms with Crippen LogP contribution in [0.1, 0.15) is 57.2 Å². The van der Waals surface area contributed by atoms with Crippen molar-refractivity contribution in [2.45, 2.75) is 83.1 Å². The summed E-state index contributed by atoms with van der Waals surface area (Å²) < 4.78 is 52.9. The average Bonchev–Trinajstić information content (AvgIpc) is 3.59. The third kappa shape index (κ3) is 4.66. The Balaban J connectivity index is 1.33. The lowest BCUT2D eigenvalue weighted by atomic mass is 9.84. The molecule has 5 atom stereocenters. The zero-order valence-electron chi connectivity index (χ0n) is 26.8. The van der Waals surface area contributed by atoms with Crippen molar-refractivity contribution in [2.75, 3.05) is 37.7 Å². The fourth-order valence-electron chi connectivity index (χ4n) is 8.95. The van der Waals surface area contributed by atoms with Crippen LogP contribution in [0.4, 0.5) is 19.0 Å². The molecule has 2 aromatic carbocycles. The minimum atomic E-state index is -0.883. The predicted molar refractivity (Wildman–Crippen MR) is 174 cm³/mol. The Morgan fingerprint density at radius 1 is 1.09 bits per heavy atom. The van der Waals surface area contributed by atoms with Crippen LogP contribution in [0.3, 0.4) is 0 Å². The van der Waals surface area contributed by atoms with Crippen LogP contribution in [0.25, 0.3) is 32.9 Å². The molecule has 3 saturated heterocycles. The van der Waals surface area contributed by atoms with Gasteiger partial charge in [0.15, 0.2) is 5.82 Å². The number of rotatable bonds is 5. The molecule has 2 aromatic heterocycles. The van der Waals surface area contributed by atoms with E-state index in [0.717, 1.165) is 49.9 Å². The van der Waals surface area contributed by atoms with E-state index in [9.17, 15) is 8.78 Å². The van der Waals surface area contributed by atoms with Crippen LogP contribution in [-0.2, 0) is 6.42 Å². The van der Waals surface area contributed by atoms with Crippen molar-refractivity contribution in [2.24, 2.45) is 5.92 Å². The van der Waals surface area contributed by atoms with E-state index < -0.39 is 12.0 Å². The third-order valence-electron chi connectivity index (χ3n) is 11.2. The number of hydrogen-bond donors (Lipinski definition) is 1. The summed E-state index contributed by atoms with van der Waals surface area (Å²) in [5.41, 5.74) is 1.67. The molecule has 0 bridgehead atoms.